The molecule has 0 aliphatic carbocycles. The molecule has 21 heavy (non-hydrogen) atoms. The number of nitrogens with zero attached hydrogens (tertiary/aromatic N) is 2. The maximum absolute atomic E-state index is 11.6. The molecule has 0 aliphatic heterocycles. The van der Waals surface area contributed by atoms with Gasteiger partial charge in [-0.15, -0.1) is 0 Å². The van der Waals surface area contributed by atoms with E-state index in [0.29, 0.717) is 11.6 Å². The van der Waals surface area contributed by atoms with Crippen LogP contribution in [0.15, 0.2) is 27.1 Å². The van der Waals surface area contributed by atoms with Crippen molar-refractivity contribution in [3.05, 3.63) is 41.4 Å². The Bertz CT molecular complexity index is 647. The second-order valence-electron chi connectivity index (χ2n) is 5.65. The molecular weight excluding hydrogens is 272 g/mol. The third kappa shape index (κ3) is 4.30. The minimum absolute atomic E-state index is 0.0521. The Morgan fingerprint density at radius 3 is 2.71 bits per heavy atom. The fourth-order valence-corrected chi connectivity index (χ4v) is 1.49. The average Bonchev–Trinajstić information content (AvgIpc) is 3.02. The first-order valence-electron chi connectivity index (χ1n) is 6.59. The Morgan fingerprint density at radius 2 is 2.14 bits per heavy atom. The Morgan fingerprint density at radius 1 is 1.38 bits per heavy atom. The number of aromatic nitrogens is 2. The van der Waals surface area contributed by atoms with Gasteiger partial charge in [-0.1, -0.05) is 25.9 Å². The van der Waals surface area contributed by atoms with E-state index in [-0.39, 0.29) is 17.9 Å². The van der Waals surface area contributed by atoms with Crippen molar-refractivity contribution in [2.24, 2.45) is 0 Å². The molecule has 0 saturated carbocycles. The first kappa shape index (κ1) is 15.0. The van der Waals surface area contributed by atoms with E-state index in [2.05, 4.69) is 10.1 Å². The van der Waals surface area contributed by atoms with Gasteiger partial charge in [0.25, 0.3) is 5.89 Å². The molecule has 0 amide bonds. The van der Waals surface area contributed by atoms with Gasteiger partial charge in [-0.2, -0.15) is 4.98 Å². The van der Waals surface area contributed by atoms with Gasteiger partial charge < -0.3 is 13.7 Å². The second-order valence-corrected chi connectivity index (χ2v) is 5.65. The van der Waals surface area contributed by atoms with Crippen LogP contribution in [0, 0.1) is 6.92 Å². The van der Waals surface area contributed by atoms with Gasteiger partial charge in [0, 0.05) is 11.5 Å². The quantitative estimate of drug-likeness (QED) is 0.636. The van der Waals surface area contributed by atoms with Gasteiger partial charge in [-0.05, 0) is 25.1 Å². The molecule has 0 unspecified atom stereocenters. The first-order valence-corrected chi connectivity index (χ1v) is 6.59. The number of esters is 1. The molecular formula is C15H18N2O4. The van der Waals surface area contributed by atoms with E-state index in [0.717, 1.165) is 5.76 Å². The molecule has 2 aromatic heterocycles. The molecule has 2 aromatic rings. The van der Waals surface area contributed by atoms with Gasteiger partial charge >= 0.3 is 5.97 Å². The van der Waals surface area contributed by atoms with Crippen molar-refractivity contribution in [1.29, 1.82) is 0 Å². The zero-order chi connectivity index (χ0) is 15.5. The van der Waals surface area contributed by atoms with Gasteiger partial charge in [0.2, 0.25) is 0 Å². The molecule has 6 heteroatoms. The Hall–Kier alpha value is -2.37. The summed E-state index contributed by atoms with van der Waals surface area (Å²) in [4.78, 5) is 15.7. The van der Waals surface area contributed by atoms with Crippen molar-refractivity contribution in [3.8, 4) is 0 Å². The van der Waals surface area contributed by atoms with E-state index in [1.54, 1.807) is 12.1 Å². The average molecular weight is 290 g/mol. The summed E-state index contributed by atoms with van der Waals surface area (Å²) < 4.78 is 15.3. The highest BCUT2D eigenvalue weighted by molar-refractivity contribution is 5.86. The lowest BCUT2D eigenvalue weighted by Crippen LogP contribution is -2.13. The third-order valence-corrected chi connectivity index (χ3v) is 2.62. The van der Waals surface area contributed by atoms with E-state index in [9.17, 15) is 4.79 Å². The molecule has 2 rings (SSSR count). The Balaban J connectivity index is 1.86. The number of hydrogen-bond acceptors (Lipinski definition) is 6. The Labute approximate surface area is 122 Å². The lowest BCUT2D eigenvalue weighted by atomic mass is 9.96. The fourth-order valence-electron chi connectivity index (χ4n) is 1.49. The van der Waals surface area contributed by atoms with Crippen LogP contribution in [-0.4, -0.2) is 16.1 Å². The zero-order valence-electron chi connectivity index (χ0n) is 12.5. The van der Waals surface area contributed by atoms with Crippen LogP contribution in [0.3, 0.4) is 0 Å². The third-order valence-electron chi connectivity index (χ3n) is 2.62. The lowest BCUT2D eigenvalue weighted by Gasteiger charge is -2.10. The standard InChI is InChI=1S/C15H18N2O4/c1-10-5-6-11(20-10)7-8-13(18)19-9-12-16-14(17-21-12)15(2,3)4/h5-8H,9H2,1-4H3/b8-7+. The van der Waals surface area contributed by atoms with Crippen LogP contribution in [-0.2, 0) is 21.6 Å². The molecule has 0 aliphatic rings. The number of carbonyl (C=O) groups excluding carboxylic acids is 1. The smallest absolute Gasteiger partial charge is 0.331 e. The van der Waals surface area contributed by atoms with Crippen molar-refractivity contribution in [1.82, 2.24) is 10.1 Å². The van der Waals surface area contributed by atoms with Crippen LogP contribution in [0.1, 0.15) is 44.0 Å². The molecule has 0 saturated heterocycles. The van der Waals surface area contributed by atoms with E-state index in [4.69, 9.17) is 13.7 Å². The van der Waals surface area contributed by atoms with Crippen LogP contribution >= 0.6 is 0 Å². The summed E-state index contributed by atoms with van der Waals surface area (Å²) in [5, 5.41) is 3.85. The highest BCUT2D eigenvalue weighted by Gasteiger charge is 2.21. The van der Waals surface area contributed by atoms with Crippen molar-refractivity contribution >= 4 is 12.0 Å². The van der Waals surface area contributed by atoms with Gasteiger partial charge in [0.15, 0.2) is 12.4 Å². The predicted octanol–water partition coefficient (Wildman–Crippen LogP) is 3.03. The summed E-state index contributed by atoms with van der Waals surface area (Å²) in [5.41, 5.74) is -0.206. The fraction of sp³-hybridized carbons (Fsp3) is 0.400. The van der Waals surface area contributed by atoms with Gasteiger partial charge in [-0.25, -0.2) is 4.79 Å². The highest BCUT2D eigenvalue weighted by atomic mass is 16.6. The minimum Gasteiger partial charge on any atom is -0.462 e. The van der Waals surface area contributed by atoms with Gasteiger partial charge in [0.05, 0.1) is 0 Å². The number of hydrogen-bond donors (Lipinski definition) is 0. The summed E-state index contributed by atoms with van der Waals surface area (Å²) in [7, 11) is 0. The predicted molar refractivity (Wildman–Crippen MR) is 75.3 cm³/mol. The van der Waals surface area contributed by atoms with E-state index >= 15 is 0 Å². The molecule has 0 bridgehead atoms. The summed E-state index contributed by atoms with van der Waals surface area (Å²) in [6.45, 7) is 7.70. The topological polar surface area (TPSA) is 78.4 Å². The van der Waals surface area contributed by atoms with Crippen LogP contribution in [0.25, 0.3) is 6.08 Å². The largest absolute Gasteiger partial charge is 0.462 e. The SMILES string of the molecule is Cc1ccc(/C=C/C(=O)OCc2nc(C(C)(C)C)no2)o1. The van der Waals surface area contributed by atoms with Gasteiger partial charge in [-0.3, -0.25) is 0 Å². The molecule has 0 aromatic carbocycles. The minimum atomic E-state index is -0.500. The van der Waals surface area contributed by atoms with Crippen molar-refractivity contribution in [2.45, 2.75) is 39.7 Å². The monoisotopic (exact) mass is 290 g/mol. The summed E-state index contributed by atoms with van der Waals surface area (Å²) in [6.07, 6.45) is 2.84. The highest BCUT2D eigenvalue weighted by Crippen LogP contribution is 2.18. The molecule has 6 nitrogen and oxygen atoms in total. The van der Waals surface area contributed by atoms with Crippen LogP contribution in [0.4, 0.5) is 0 Å². The maximum Gasteiger partial charge on any atom is 0.331 e. The van der Waals surface area contributed by atoms with E-state index in [1.165, 1.54) is 6.08 Å². The summed E-state index contributed by atoms with van der Waals surface area (Å²) >= 11 is 0. The van der Waals surface area contributed by atoms with Crippen LogP contribution in [0.5, 0.6) is 0 Å². The van der Waals surface area contributed by atoms with Crippen molar-refractivity contribution < 1.29 is 18.5 Å². The second kappa shape index (κ2) is 5.95. The molecule has 112 valence electrons. The number of furan rings is 1. The number of ether oxygens (including phenoxy) is 1. The van der Waals surface area contributed by atoms with Crippen LogP contribution < -0.4 is 0 Å². The normalized spacial score (nSPS) is 12.0. The molecule has 0 fully saturated rings. The van der Waals surface area contributed by atoms with Gasteiger partial charge in [0.1, 0.15) is 11.5 Å². The molecule has 0 radical (unpaired) electrons. The molecule has 0 atom stereocenters. The maximum atomic E-state index is 11.6. The van der Waals surface area contributed by atoms with E-state index in [1.807, 2.05) is 33.8 Å². The van der Waals surface area contributed by atoms with Crippen molar-refractivity contribution in [3.63, 3.8) is 0 Å². The summed E-state index contributed by atoms with van der Waals surface area (Å²) in [5.74, 6) is 1.73. The van der Waals surface area contributed by atoms with E-state index < -0.39 is 5.97 Å². The number of carbonyl (C=O) groups is 1. The molecule has 0 N–H and O–H groups in total. The lowest BCUT2D eigenvalue weighted by molar-refractivity contribution is -0.139. The molecule has 2 heterocycles. The number of aryl methyl sites for hydroxylation is 1. The molecule has 0 spiro atoms. The first-order chi connectivity index (χ1) is 9.84. The number of rotatable bonds is 4. The zero-order valence-corrected chi connectivity index (χ0v) is 12.5. The summed E-state index contributed by atoms with van der Waals surface area (Å²) in [6, 6.07) is 3.59. The van der Waals surface area contributed by atoms with Crippen molar-refractivity contribution in [2.75, 3.05) is 0 Å². The Kier molecular flexibility index (Phi) is 4.26. The van der Waals surface area contributed by atoms with Crippen LogP contribution in [0.2, 0.25) is 0 Å².